The molecule has 5 nitrogen and oxygen atoms in total. The summed E-state index contributed by atoms with van der Waals surface area (Å²) in [6.07, 6.45) is 0.757. The zero-order valence-corrected chi connectivity index (χ0v) is 7.14. The summed E-state index contributed by atoms with van der Waals surface area (Å²) < 4.78 is 0. The molecule has 0 amide bonds. The molecule has 0 bridgehead atoms. The minimum absolute atomic E-state index is 0.262. The maximum atomic E-state index is 9.01. The molecule has 13 heavy (non-hydrogen) atoms. The zero-order valence-electron chi connectivity index (χ0n) is 7.14. The molecule has 0 saturated carbocycles. The first-order valence-corrected chi connectivity index (χ1v) is 3.96. The van der Waals surface area contributed by atoms with E-state index in [-0.39, 0.29) is 13.2 Å². The summed E-state index contributed by atoms with van der Waals surface area (Å²) in [5.41, 5.74) is 6.02. The summed E-state index contributed by atoms with van der Waals surface area (Å²) >= 11 is 0. The molecule has 0 aromatic carbocycles. The number of rotatable bonds is 4. The van der Waals surface area contributed by atoms with Gasteiger partial charge < -0.3 is 21.3 Å². The van der Waals surface area contributed by atoms with E-state index in [9.17, 15) is 0 Å². The standard InChI is InChI=1S/C8H13N3O2/c9-6-1-2-8(10-3-6)11-4-7(13)5-12/h1-3,7,12-13H,4-5,9H2,(H,10,11)/t7-/m0/s1. The van der Waals surface area contributed by atoms with Crippen molar-refractivity contribution < 1.29 is 10.2 Å². The van der Waals surface area contributed by atoms with Gasteiger partial charge in [0, 0.05) is 6.54 Å². The molecule has 0 saturated heterocycles. The van der Waals surface area contributed by atoms with Crippen LogP contribution in [0.15, 0.2) is 18.3 Å². The van der Waals surface area contributed by atoms with Gasteiger partial charge in [0.1, 0.15) is 5.82 Å². The molecule has 1 rings (SSSR count). The minimum Gasteiger partial charge on any atom is -0.397 e. The molecular formula is C8H13N3O2. The monoisotopic (exact) mass is 183 g/mol. The van der Waals surface area contributed by atoms with Crippen molar-refractivity contribution in [2.45, 2.75) is 6.10 Å². The Morgan fingerprint density at radius 1 is 1.54 bits per heavy atom. The lowest BCUT2D eigenvalue weighted by Gasteiger charge is -2.08. The minimum atomic E-state index is -0.764. The molecule has 0 fully saturated rings. The Morgan fingerprint density at radius 3 is 2.85 bits per heavy atom. The van der Waals surface area contributed by atoms with Crippen molar-refractivity contribution in [2.24, 2.45) is 0 Å². The highest BCUT2D eigenvalue weighted by atomic mass is 16.3. The van der Waals surface area contributed by atoms with Gasteiger partial charge in [-0.15, -0.1) is 0 Å². The van der Waals surface area contributed by atoms with Gasteiger partial charge in [0.25, 0.3) is 0 Å². The zero-order chi connectivity index (χ0) is 9.68. The molecule has 5 N–H and O–H groups in total. The van der Waals surface area contributed by atoms with Crippen LogP contribution < -0.4 is 11.1 Å². The van der Waals surface area contributed by atoms with E-state index in [0.717, 1.165) is 0 Å². The molecule has 0 unspecified atom stereocenters. The first-order valence-electron chi connectivity index (χ1n) is 3.96. The van der Waals surface area contributed by atoms with Gasteiger partial charge in [-0.3, -0.25) is 0 Å². The molecule has 1 atom stereocenters. The number of aromatic nitrogens is 1. The molecule has 0 aliphatic rings. The smallest absolute Gasteiger partial charge is 0.126 e. The Balaban J connectivity index is 2.41. The van der Waals surface area contributed by atoms with Crippen molar-refractivity contribution in [3.8, 4) is 0 Å². The third kappa shape index (κ3) is 3.27. The largest absolute Gasteiger partial charge is 0.397 e. The van der Waals surface area contributed by atoms with E-state index in [1.54, 1.807) is 12.1 Å². The molecule has 0 aliphatic carbocycles. The molecule has 0 spiro atoms. The normalized spacial score (nSPS) is 12.5. The maximum Gasteiger partial charge on any atom is 0.126 e. The summed E-state index contributed by atoms with van der Waals surface area (Å²) in [6, 6.07) is 3.42. The first kappa shape index (κ1) is 9.76. The Morgan fingerprint density at radius 2 is 2.31 bits per heavy atom. The SMILES string of the molecule is Nc1ccc(NC[C@H](O)CO)nc1. The summed E-state index contributed by atoms with van der Waals surface area (Å²) in [6.45, 7) is 0.00932. The van der Waals surface area contributed by atoms with Crippen molar-refractivity contribution in [3.63, 3.8) is 0 Å². The highest BCUT2D eigenvalue weighted by Crippen LogP contribution is 2.05. The van der Waals surface area contributed by atoms with Crippen LogP contribution in [0.1, 0.15) is 0 Å². The van der Waals surface area contributed by atoms with Crippen LogP contribution in [0.25, 0.3) is 0 Å². The van der Waals surface area contributed by atoms with Gasteiger partial charge in [0.05, 0.1) is 24.6 Å². The van der Waals surface area contributed by atoms with Gasteiger partial charge in [-0.2, -0.15) is 0 Å². The first-order chi connectivity index (χ1) is 6.22. The van der Waals surface area contributed by atoms with Crippen LogP contribution in [0.3, 0.4) is 0 Å². The summed E-state index contributed by atoms with van der Waals surface area (Å²) in [4.78, 5) is 3.96. The quantitative estimate of drug-likeness (QED) is 0.501. The lowest BCUT2D eigenvalue weighted by atomic mass is 10.3. The molecule has 72 valence electrons. The van der Waals surface area contributed by atoms with Crippen LogP contribution in [-0.2, 0) is 0 Å². The van der Waals surface area contributed by atoms with Crippen molar-refractivity contribution in [1.29, 1.82) is 0 Å². The van der Waals surface area contributed by atoms with Crippen LogP contribution in [-0.4, -0.2) is 34.5 Å². The van der Waals surface area contributed by atoms with E-state index < -0.39 is 6.10 Å². The number of pyridine rings is 1. The van der Waals surface area contributed by atoms with Gasteiger partial charge in [-0.05, 0) is 12.1 Å². The molecular weight excluding hydrogens is 170 g/mol. The average molecular weight is 183 g/mol. The van der Waals surface area contributed by atoms with Crippen LogP contribution in [0.2, 0.25) is 0 Å². The van der Waals surface area contributed by atoms with Gasteiger partial charge in [-0.1, -0.05) is 0 Å². The average Bonchev–Trinajstić information content (AvgIpc) is 2.16. The number of nitrogens with two attached hydrogens (primary N) is 1. The topological polar surface area (TPSA) is 91.4 Å². The fourth-order valence-electron chi connectivity index (χ4n) is 0.797. The Hall–Kier alpha value is -1.33. The summed E-state index contributed by atoms with van der Waals surface area (Å²) in [5, 5.41) is 20.4. The second-order valence-corrected chi connectivity index (χ2v) is 2.69. The van der Waals surface area contributed by atoms with Crippen molar-refractivity contribution in [1.82, 2.24) is 4.98 Å². The highest BCUT2D eigenvalue weighted by Gasteiger charge is 2.00. The number of hydrogen-bond acceptors (Lipinski definition) is 5. The predicted octanol–water partition coefficient (Wildman–Crippen LogP) is -0.571. The fourth-order valence-corrected chi connectivity index (χ4v) is 0.797. The van der Waals surface area contributed by atoms with E-state index in [2.05, 4.69) is 10.3 Å². The van der Waals surface area contributed by atoms with E-state index >= 15 is 0 Å². The summed E-state index contributed by atoms with van der Waals surface area (Å²) in [5.74, 6) is 0.627. The number of aliphatic hydroxyl groups excluding tert-OH is 2. The number of nitrogen functional groups attached to an aromatic ring is 1. The highest BCUT2D eigenvalue weighted by molar-refractivity contribution is 5.43. The van der Waals surface area contributed by atoms with Crippen LogP contribution >= 0.6 is 0 Å². The van der Waals surface area contributed by atoms with E-state index in [1.807, 2.05) is 0 Å². The number of nitrogens with one attached hydrogen (secondary N) is 1. The predicted molar refractivity (Wildman–Crippen MR) is 50.2 cm³/mol. The van der Waals surface area contributed by atoms with Crippen LogP contribution in [0.5, 0.6) is 0 Å². The molecule has 1 aromatic heterocycles. The van der Waals surface area contributed by atoms with Crippen molar-refractivity contribution >= 4 is 11.5 Å². The Labute approximate surface area is 76.2 Å². The number of aliphatic hydroxyl groups is 2. The molecule has 1 aromatic rings. The molecule has 0 radical (unpaired) electrons. The van der Waals surface area contributed by atoms with E-state index in [0.29, 0.717) is 11.5 Å². The van der Waals surface area contributed by atoms with Gasteiger partial charge in [0.2, 0.25) is 0 Å². The van der Waals surface area contributed by atoms with Crippen LogP contribution in [0, 0.1) is 0 Å². The van der Waals surface area contributed by atoms with Crippen LogP contribution in [0.4, 0.5) is 11.5 Å². The van der Waals surface area contributed by atoms with Gasteiger partial charge in [-0.25, -0.2) is 4.98 Å². The second kappa shape index (κ2) is 4.64. The second-order valence-electron chi connectivity index (χ2n) is 2.69. The van der Waals surface area contributed by atoms with E-state index in [4.69, 9.17) is 15.9 Å². The third-order valence-electron chi connectivity index (χ3n) is 1.52. The van der Waals surface area contributed by atoms with Gasteiger partial charge in [0.15, 0.2) is 0 Å². The molecule has 1 heterocycles. The molecule has 0 aliphatic heterocycles. The number of anilines is 2. The maximum absolute atomic E-state index is 9.01. The third-order valence-corrected chi connectivity index (χ3v) is 1.52. The lowest BCUT2D eigenvalue weighted by Crippen LogP contribution is -2.23. The number of nitrogens with zero attached hydrogens (tertiary/aromatic N) is 1. The van der Waals surface area contributed by atoms with Crippen molar-refractivity contribution in [2.75, 3.05) is 24.2 Å². The Kier molecular flexibility index (Phi) is 3.48. The summed E-state index contributed by atoms with van der Waals surface area (Å²) in [7, 11) is 0. The lowest BCUT2D eigenvalue weighted by molar-refractivity contribution is 0.105. The molecule has 5 heteroatoms. The Bertz CT molecular complexity index is 250. The van der Waals surface area contributed by atoms with Crippen molar-refractivity contribution in [3.05, 3.63) is 18.3 Å². The van der Waals surface area contributed by atoms with E-state index in [1.165, 1.54) is 6.20 Å². The number of hydrogen-bond donors (Lipinski definition) is 4. The fraction of sp³-hybridized carbons (Fsp3) is 0.375. The van der Waals surface area contributed by atoms with Gasteiger partial charge >= 0.3 is 0 Å².